The Bertz CT molecular complexity index is 26.5. The van der Waals surface area contributed by atoms with E-state index < -0.39 is 0 Å². The molecule has 0 aromatic rings. The van der Waals surface area contributed by atoms with Crippen molar-refractivity contribution in [2.75, 3.05) is 19.8 Å². The molecule has 1 rings (SSSR count). The molecule has 0 amide bonds. The lowest BCUT2D eigenvalue weighted by Crippen LogP contribution is -2.37. The van der Waals surface area contributed by atoms with E-state index in [4.69, 9.17) is 0 Å². The zero-order chi connectivity index (χ0) is 6.24. The number of rotatable bonds is 0. The molecular weight excluding hydrogens is 100 g/mol. The first-order valence-electron chi connectivity index (χ1n) is 3.41. The molecule has 1 saturated heterocycles. The topological polar surface area (TPSA) is 24.1 Å². The lowest BCUT2D eigenvalue weighted by atomic mass is 10.4. The third-order valence-electron chi connectivity index (χ3n) is 0.957. The van der Waals surface area contributed by atoms with E-state index >= 15 is 0 Å². The Kier molecular flexibility index (Phi) is 6.85. The molecule has 1 heterocycles. The van der Waals surface area contributed by atoms with E-state index in [0.717, 1.165) is 6.67 Å². The molecule has 2 heteroatoms. The molecular formula is C6H18N2. The normalized spacial score (nSPS) is 18.8. The van der Waals surface area contributed by atoms with Crippen molar-refractivity contribution in [1.82, 2.24) is 10.6 Å². The molecule has 0 bridgehead atoms. The van der Waals surface area contributed by atoms with Gasteiger partial charge in [0.15, 0.2) is 0 Å². The van der Waals surface area contributed by atoms with E-state index in [9.17, 15) is 0 Å². The van der Waals surface area contributed by atoms with Crippen LogP contribution in [0.4, 0.5) is 0 Å². The molecule has 1 aliphatic heterocycles. The Morgan fingerprint density at radius 1 is 1.12 bits per heavy atom. The molecule has 0 saturated carbocycles. The van der Waals surface area contributed by atoms with Crippen molar-refractivity contribution in [3.8, 4) is 0 Å². The van der Waals surface area contributed by atoms with Crippen molar-refractivity contribution in [2.45, 2.75) is 20.3 Å². The van der Waals surface area contributed by atoms with E-state index in [1.807, 2.05) is 13.8 Å². The summed E-state index contributed by atoms with van der Waals surface area (Å²) in [5.74, 6) is 0. The molecule has 0 atom stereocenters. The Hall–Kier alpha value is -0.0800. The van der Waals surface area contributed by atoms with Gasteiger partial charge in [-0.15, -0.1) is 0 Å². The van der Waals surface area contributed by atoms with Crippen molar-refractivity contribution < 1.29 is 1.43 Å². The Morgan fingerprint density at radius 2 is 1.62 bits per heavy atom. The van der Waals surface area contributed by atoms with Gasteiger partial charge in [0.25, 0.3) is 0 Å². The van der Waals surface area contributed by atoms with Crippen LogP contribution in [0.15, 0.2) is 0 Å². The molecule has 0 spiro atoms. The quantitative estimate of drug-likeness (QED) is 0.491. The van der Waals surface area contributed by atoms with Gasteiger partial charge in [-0.3, -0.25) is 0 Å². The average Bonchev–Trinajstić information content (AvgIpc) is 1.96. The van der Waals surface area contributed by atoms with Gasteiger partial charge in [0, 0.05) is 8.10 Å². The minimum atomic E-state index is 0. The first-order valence-corrected chi connectivity index (χ1v) is 3.41. The van der Waals surface area contributed by atoms with E-state index in [2.05, 4.69) is 10.6 Å². The van der Waals surface area contributed by atoms with Gasteiger partial charge in [-0.2, -0.15) is 0 Å². The zero-order valence-corrected chi connectivity index (χ0v) is 5.83. The SMILES string of the molecule is C1CNCNC1.CC.[HH]. The van der Waals surface area contributed by atoms with Crippen LogP contribution in [0.3, 0.4) is 0 Å². The van der Waals surface area contributed by atoms with E-state index in [-0.39, 0.29) is 1.43 Å². The van der Waals surface area contributed by atoms with Gasteiger partial charge in [-0.05, 0) is 19.5 Å². The van der Waals surface area contributed by atoms with Gasteiger partial charge in [0.05, 0.1) is 0 Å². The van der Waals surface area contributed by atoms with Crippen molar-refractivity contribution in [1.29, 1.82) is 0 Å². The van der Waals surface area contributed by atoms with Crippen molar-refractivity contribution >= 4 is 0 Å². The van der Waals surface area contributed by atoms with Crippen molar-refractivity contribution in [3.05, 3.63) is 0 Å². The second-order valence-electron chi connectivity index (χ2n) is 1.53. The summed E-state index contributed by atoms with van der Waals surface area (Å²) >= 11 is 0. The maximum atomic E-state index is 3.17. The van der Waals surface area contributed by atoms with Crippen LogP contribution in [0.1, 0.15) is 21.7 Å². The first kappa shape index (κ1) is 7.92. The highest BCUT2D eigenvalue weighted by Gasteiger charge is 1.91. The van der Waals surface area contributed by atoms with Crippen LogP contribution in [0.25, 0.3) is 0 Å². The second kappa shape index (κ2) is 6.92. The Morgan fingerprint density at radius 3 is 1.75 bits per heavy atom. The zero-order valence-electron chi connectivity index (χ0n) is 5.83. The van der Waals surface area contributed by atoms with Crippen LogP contribution in [-0.4, -0.2) is 19.8 Å². The molecule has 0 aliphatic carbocycles. The van der Waals surface area contributed by atoms with Gasteiger partial charge in [0.2, 0.25) is 0 Å². The van der Waals surface area contributed by atoms with Gasteiger partial charge < -0.3 is 10.6 Å². The van der Waals surface area contributed by atoms with Crippen LogP contribution < -0.4 is 10.6 Å². The fourth-order valence-electron chi connectivity index (χ4n) is 0.604. The predicted octanol–water partition coefficient (Wildman–Crippen LogP) is 0.799. The Balaban J connectivity index is 0. The van der Waals surface area contributed by atoms with Crippen LogP contribution in [0, 0.1) is 0 Å². The predicted molar refractivity (Wildman–Crippen MR) is 39.0 cm³/mol. The molecule has 0 radical (unpaired) electrons. The minimum absolute atomic E-state index is 0. The highest BCUT2D eigenvalue weighted by atomic mass is 15.1. The standard InChI is InChI=1S/C4H10N2.C2H6.H2/c1-2-5-4-6-3-1;1-2;/h5-6H,1-4H2;1-2H3;1H. The molecule has 0 unspecified atom stereocenters. The molecule has 52 valence electrons. The van der Waals surface area contributed by atoms with Crippen molar-refractivity contribution in [3.63, 3.8) is 0 Å². The van der Waals surface area contributed by atoms with Gasteiger partial charge in [-0.25, -0.2) is 0 Å². The van der Waals surface area contributed by atoms with E-state index in [1.165, 1.54) is 19.5 Å². The number of hydrogen-bond acceptors (Lipinski definition) is 2. The van der Waals surface area contributed by atoms with Crippen LogP contribution in [0.2, 0.25) is 0 Å². The number of hydrogen-bond donors (Lipinski definition) is 2. The van der Waals surface area contributed by atoms with Crippen LogP contribution in [0.5, 0.6) is 0 Å². The van der Waals surface area contributed by atoms with E-state index in [1.54, 1.807) is 0 Å². The Labute approximate surface area is 53.1 Å². The summed E-state index contributed by atoms with van der Waals surface area (Å²) < 4.78 is 0. The third kappa shape index (κ3) is 4.09. The second-order valence-corrected chi connectivity index (χ2v) is 1.53. The summed E-state index contributed by atoms with van der Waals surface area (Å²) in [5.41, 5.74) is 0. The third-order valence-corrected chi connectivity index (χ3v) is 0.957. The first-order chi connectivity index (χ1) is 4.00. The minimum Gasteiger partial charge on any atom is -0.304 e. The smallest absolute Gasteiger partial charge is 0.0454 e. The fourth-order valence-corrected chi connectivity index (χ4v) is 0.604. The van der Waals surface area contributed by atoms with Gasteiger partial charge in [-0.1, -0.05) is 13.8 Å². The highest BCUT2D eigenvalue weighted by molar-refractivity contribution is 4.54. The van der Waals surface area contributed by atoms with Crippen molar-refractivity contribution in [2.24, 2.45) is 0 Å². The lowest BCUT2D eigenvalue weighted by molar-refractivity contribution is 0.496. The molecule has 2 N–H and O–H groups in total. The van der Waals surface area contributed by atoms with Gasteiger partial charge >= 0.3 is 0 Å². The molecule has 0 aromatic carbocycles. The number of nitrogens with one attached hydrogen (secondary N) is 2. The lowest BCUT2D eigenvalue weighted by Gasteiger charge is -2.11. The molecule has 2 nitrogen and oxygen atoms in total. The summed E-state index contributed by atoms with van der Waals surface area (Å²) in [6, 6.07) is 0. The van der Waals surface area contributed by atoms with E-state index in [0.29, 0.717) is 0 Å². The summed E-state index contributed by atoms with van der Waals surface area (Å²) in [6.45, 7) is 7.38. The summed E-state index contributed by atoms with van der Waals surface area (Å²) in [5, 5.41) is 6.35. The summed E-state index contributed by atoms with van der Waals surface area (Å²) in [7, 11) is 0. The largest absolute Gasteiger partial charge is 0.304 e. The monoisotopic (exact) mass is 118 g/mol. The molecule has 8 heavy (non-hydrogen) atoms. The average molecular weight is 118 g/mol. The summed E-state index contributed by atoms with van der Waals surface area (Å²) in [4.78, 5) is 0. The fraction of sp³-hybridized carbons (Fsp3) is 1.00. The maximum absolute atomic E-state index is 3.17. The molecule has 1 fully saturated rings. The molecule has 0 aromatic heterocycles. The van der Waals surface area contributed by atoms with Gasteiger partial charge in [0.1, 0.15) is 0 Å². The highest BCUT2D eigenvalue weighted by Crippen LogP contribution is 1.75. The molecule has 1 aliphatic rings. The summed E-state index contributed by atoms with van der Waals surface area (Å²) in [6.07, 6.45) is 1.28. The maximum Gasteiger partial charge on any atom is 0.0454 e. The van der Waals surface area contributed by atoms with Crippen LogP contribution >= 0.6 is 0 Å². The van der Waals surface area contributed by atoms with Crippen LogP contribution in [-0.2, 0) is 0 Å².